The van der Waals surface area contributed by atoms with Gasteiger partial charge < -0.3 is 10.6 Å². The molecule has 1 aliphatic rings. The fourth-order valence-corrected chi connectivity index (χ4v) is 2.30. The summed E-state index contributed by atoms with van der Waals surface area (Å²) in [6.45, 7) is 7.77. The summed E-state index contributed by atoms with van der Waals surface area (Å²) in [5, 5.41) is 0. The van der Waals surface area contributed by atoms with Crippen molar-refractivity contribution < 1.29 is 0 Å². The number of benzene rings is 1. The van der Waals surface area contributed by atoms with Gasteiger partial charge in [-0.15, -0.1) is 0 Å². The average molecular weight is 232 g/mol. The van der Waals surface area contributed by atoms with Crippen LogP contribution in [-0.2, 0) is 0 Å². The van der Waals surface area contributed by atoms with E-state index >= 15 is 0 Å². The van der Waals surface area contributed by atoms with E-state index in [9.17, 15) is 0 Å². The van der Waals surface area contributed by atoms with E-state index in [0.29, 0.717) is 6.04 Å². The molecule has 0 radical (unpaired) electrons. The Kier molecular flexibility index (Phi) is 3.72. The van der Waals surface area contributed by atoms with Crippen molar-refractivity contribution in [3.63, 3.8) is 0 Å². The maximum atomic E-state index is 6.07. The highest BCUT2D eigenvalue weighted by Crippen LogP contribution is 2.34. The molecule has 1 saturated carbocycles. The Labute approximate surface area is 105 Å². The standard InChI is InChI=1S/C15H24N2/c1-11(2)17(10-13-8-9-13)15-7-5-4-6-14(15)12(3)16/h4-7,11-13H,8-10,16H2,1-3H3. The van der Waals surface area contributed by atoms with E-state index in [2.05, 4.69) is 49.9 Å². The van der Waals surface area contributed by atoms with E-state index in [0.717, 1.165) is 5.92 Å². The van der Waals surface area contributed by atoms with Crippen LogP contribution < -0.4 is 10.6 Å². The molecular formula is C15H24N2. The van der Waals surface area contributed by atoms with Crippen LogP contribution in [0.15, 0.2) is 24.3 Å². The first kappa shape index (κ1) is 12.4. The molecule has 17 heavy (non-hydrogen) atoms. The van der Waals surface area contributed by atoms with E-state index in [1.54, 1.807) is 0 Å². The van der Waals surface area contributed by atoms with Gasteiger partial charge >= 0.3 is 0 Å². The number of hydrogen-bond acceptors (Lipinski definition) is 2. The van der Waals surface area contributed by atoms with Crippen molar-refractivity contribution in [2.24, 2.45) is 11.7 Å². The maximum absolute atomic E-state index is 6.07. The van der Waals surface area contributed by atoms with Gasteiger partial charge in [0.25, 0.3) is 0 Å². The summed E-state index contributed by atoms with van der Waals surface area (Å²) in [6.07, 6.45) is 2.78. The summed E-state index contributed by atoms with van der Waals surface area (Å²) < 4.78 is 0. The predicted octanol–water partition coefficient (Wildman–Crippen LogP) is 3.33. The normalized spacial score (nSPS) is 17.2. The van der Waals surface area contributed by atoms with Crippen molar-refractivity contribution in [3.8, 4) is 0 Å². The van der Waals surface area contributed by atoms with Crippen LogP contribution in [0.1, 0.15) is 45.2 Å². The zero-order valence-corrected chi connectivity index (χ0v) is 11.2. The van der Waals surface area contributed by atoms with Crippen LogP contribution >= 0.6 is 0 Å². The molecule has 1 atom stereocenters. The molecule has 2 nitrogen and oxygen atoms in total. The topological polar surface area (TPSA) is 29.3 Å². The van der Waals surface area contributed by atoms with Gasteiger partial charge in [0, 0.05) is 24.3 Å². The SMILES string of the molecule is CC(N)c1ccccc1N(CC1CC1)C(C)C. The minimum Gasteiger partial charge on any atom is -0.369 e. The Morgan fingerprint density at radius 2 is 1.88 bits per heavy atom. The molecule has 0 heterocycles. The third-order valence-corrected chi connectivity index (χ3v) is 3.51. The summed E-state index contributed by atoms with van der Waals surface area (Å²) in [5.41, 5.74) is 8.66. The Balaban J connectivity index is 2.27. The van der Waals surface area contributed by atoms with Gasteiger partial charge in [-0.3, -0.25) is 0 Å². The molecule has 1 aliphatic carbocycles. The van der Waals surface area contributed by atoms with Crippen molar-refractivity contribution in [2.75, 3.05) is 11.4 Å². The van der Waals surface area contributed by atoms with Crippen LogP contribution in [0.25, 0.3) is 0 Å². The molecule has 0 saturated heterocycles. The Bertz CT molecular complexity index is 367. The molecule has 0 spiro atoms. The molecule has 2 N–H and O–H groups in total. The number of rotatable bonds is 5. The van der Waals surface area contributed by atoms with Gasteiger partial charge in [0.2, 0.25) is 0 Å². The van der Waals surface area contributed by atoms with Gasteiger partial charge in [0.05, 0.1) is 0 Å². The second kappa shape index (κ2) is 5.09. The molecule has 1 aromatic carbocycles. The van der Waals surface area contributed by atoms with Crippen LogP contribution in [0.5, 0.6) is 0 Å². The first-order valence-corrected chi connectivity index (χ1v) is 6.70. The largest absolute Gasteiger partial charge is 0.369 e. The smallest absolute Gasteiger partial charge is 0.0416 e. The van der Waals surface area contributed by atoms with Crippen LogP contribution in [0.3, 0.4) is 0 Å². The molecule has 1 fully saturated rings. The number of nitrogens with zero attached hydrogens (tertiary/aromatic N) is 1. The van der Waals surface area contributed by atoms with Gasteiger partial charge in [0.1, 0.15) is 0 Å². The van der Waals surface area contributed by atoms with E-state index in [-0.39, 0.29) is 6.04 Å². The minimum absolute atomic E-state index is 0.103. The summed E-state index contributed by atoms with van der Waals surface area (Å²) in [5.74, 6) is 0.901. The highest BCUT2D eigenvalue weighted by Gasteiger charge is 2.26. The molecule has 0 bridgehead atoms. The van der Waals surface area contributed by atoms with Crippen molar-refractivity contribution >= 4 is 5.69 Å². The molecular weight excluding hydrogens is 208 g/mol. The van der Waals surface area contributed by atoms with Crippen LogP contribution in [-0.4, -0.2) is 12.6 Å². The van der Waals surface area contributed by atoms with Gasteiger partial charge in [-0.1, -0.05) is 18.2 Å². The number of nitrogens with two attached hydrogens (primary N) is 1. The summed E-state index contributed by atoms with van der Waals surface area (Å²) in [4.78, 5) is 2.51. The fraction of sp³-hybridized carbons (Fsp3) is 0.600. The number of hydrogen-bond donors (Lipinski definition) is 1. The molecule has 94 valence electrons. The Hall–Kier alpha value is -1.02. The maximum Gasteiger partial charge on any atom is 0.0416 e. The fourth-order valence-electron chi connectivity index (χ4n) is 2.30. The monoisotopic (exact) mass is 232 g/mol. The molecule has 1 aromatic rings. The number of para-hydroxylation sites is 1. The van der Waals surface area contributed by atoms with E-state index < -0.39 is 0 Å². The van der Waals surface area contributed by atoms with Gasteiger partial charge in [-0.2, -0.15) is 0 Å². The second-order valence-corrected chi connectivity index (χ2v) is 5.54. The van der Waals surface area contributed by atoms with E-state index in [1.165, 1.54) is 30.6 Å². The summed E-state index contributed by atoms with van der Waals surface area (Å²) >= 11 is 0. The molecule has 0 aromatic heterocycles. The number of anilines is 1. The van der Waals surface area contributed by atoms with E-state index in [4.69, 9.17) is 5.73 Å². The quantitative estimate of drug-likeness (QED) is 0.843. The molecule has 0 amide bonds. The van der Waals surface area contributed by atoms with Crippen LogP contribution in [0.2, 0.25) is 0 Å². The van der Waals surface area contributed by atoms with E-state index in [1.807, 2.05) is 0 Å². The van der Waals surface area contributed by atoms with Crippen molar-refractivity contribution in [1.29, 1.82) is 0 Å². The average Bonchev–Trinajstić information content (AvgIpc) is 3.09. The highest BCUT2D eigenvalue weighted by atomic mass is 15.2. The lowest BCUT2D eigenvalue weighted by atomic mass is 10.0. The lowest BCUT2D eigenvalue weighted by molar-refractivity contribution is 0.637. The van der Waals surface area contributed by atoms with Crippen LogP contribution in [0.4, 0.5) is 5.69 Å². The van der Waals surface area contributed by atoms with Crippen molar-refractivity contribution in [3.05, 3.63) is 29.8 Å². The predicted molar refractivity (Wildman–Crippen MR) is 74.3 cm³/mol. The molecule has 1 unspecified atom stereocenters. The molecule has 2 rings (SSSR count). The molecule has 0 aliphatic heterocycles. The zero-order valence-electron chi connectivity index (χ0n) is 11.2. The highest BCUT2D eigenvalue weighted by molar-refractivity contribution is 5.55. The van der Waals surface area contributed by atoms with Crippen molar-refractivity contribution in [2.45, 2.75) is 45.7 Å². The first-order chi connectivity index (χ1) is 8.09. The Morgan fingerprint density at radius 3 is 2.41 bits per heavy atom. The minimum atomic E-state index is 0.103. The van der Waals surface area contributed by atoms with Gasteiger partial charge in [0.15, 0.2) is 0 Å². The Morgan fingerprint density at radius 1 is 1.24 bits per heavy atom. The third-order valence-electron chi connectivity index (χ3n) is 3.51. The molecule has 2 heteroatoms. The first-order valence-electron chi connectivity index (χ1n) is 6.70. The zero-order chi connectivity index (χ0) is 12.4. The lowest BCUT2D eigenvalue weighted by Gasteiger charge is -2.32. The summed E-state index contributed by atoms with van der Waals surface area (Å²) in [6, 6.07) is 9.20. The summed E-state index contributed by atoms with van der Waals surface area (Å²) in [7, 11) is 0. The van der Waals surface area contributed by atoms with Gasteiger partial charge in [-0.25, -0.2) is 0 Å². The van der Waals surface area contributed by atoms with Crippen LogP contribution in [0, 0.1) is 5.92 Å². The third kappa shape index (κ3) is 3.01. The second-order valence-electron chi connectivity index (χ2n) is 5.54. The van der Waals surface area contributed by atoms with Gasteiger partial charge in [-0.05, 0) is 51.2 Å². The lowest BCUT2D eigenvalue weighted by Crippen LogP contribution is -2.34. The van der Waals surface area contributed by atoms with Crippen molar-refractivity contribution in [1.82, 2.24) is 0 Å².